The Morgan fingerprint density at radius 3 is 2.13 bits per heavy atom. The third kappa shape index (κ3) is 3.86. The summed E-state index contributed by atoms with van der Waals surface area (Å²) in [5.41, 5.74) is -1.52. The Balaban J connectivity index is 2.14. The van der Waals surface area contributed by atoms with E-state index < -0.39 is 46.5 Å². The molecule has 0 aliphatic rings. The first-order valence-electron chi connectivity index (χ1n) is 6.00. The standard InChI is InChI=1S/C14H7BrF4N2O2/c15-6-4-10(19)11(5-9(6)18)20-14(23)21-13(22)12-7(16)2-1-3-8(12)17/h1-5H,(H2,20,21,22,23). The highest BCUT2D eigenvalue weighted by molar-refractivity contribution is 9.10. The molecule has 0 heterocycles. The van der Waals surface area contributed by atoms with Crippen molar-refractivity contribution in [3.05, 3.63) is 63.6 Å². The molecule has 3 amide bonds. The molecule has 120 valence electrons. The molecule has 2 aromatic carbocycles. The molecule has 0 saturated heterocycles. The van der Waals surface area contributed by atoms with Crippen LogP contribution in [0.4, 0.5) is 28.0 Å². The van der Waals surface area contributed by atoms with Crippen molar-refractivity contribution in [2.24, 2.45) is 0 Å². The van der Waals surface area contributed by atoms with E-state index in [2.05, 4.69) is 15.9 Å². The first-order valence-corrected chi connectivity index (χ1v) is 6.79. The van der Waals surface area contributed by atoms with Crippen LogP contribution in [0.15, 0.2) is 34.8 Å². The fourth-order valence-corrected chi connectivity index (χ4v) is 1.97. The molecule has 0 radical (unpaired) electrons. The molecule has 23 heavy (non-hydrogen) atoms. The van der Waals surface area contributed by atoms with Crippen LogP contribution >= 0.6 is 15.9 Å². The average Bonchev–Trinajstić information content (AvgIpc) is 2.44. The van der Waals surface area contributed by atoms with Gasteiger partial charge in [-0.05, 0) is 34.1 Å². The fourth-order valence-electron chi connectivity index (χ4n) is 1.65. The van der Waals surface area contributed by atoms with Gasteiger partial charge in [-0.2, -0.15) is 0 Å². The Morgan fingerprint density at radius 1 is 0.913 bits per heavy atom. The van der Waals surface area contributed by atoms with E-state index in [0.717, 1.165) is 24.3 Å². The summed E-state index contributed by atoms with van der Waals surface area (Å²) in [6.07, 6.45) is 0. The monoisotopic (exact) mass is 390 g/mol. The van der Waals surface area contributed by atoms with Crippen molar-refractivity contribution >= 4 is 33.6 Å². The number of amides is 3. The highest BCUT2D eigenvalue weighted by Crippen LogP contribution is 2.23. The van der Waals surface area contributed by atoms with Crippen LogP contribution in [-0.4, -0.2) is 11.9 Å². The average molecular weight is 391 g/mol. The SMILES string of the molecule is O=C(NC(=O)c1c(F)cccc1F)Nc1cc(F)c(Br)cc1F. The number of halogens is 5. The minimum Gasteiger partial charge on any atom is -0.305 e. The fraction of sp³-hybridized carbons (Fsp3) is 0. The minimum atomic E-state index is -1.36. The molecule has 2 rings (SSSR count). The highest BCUT2D eigenvalue weighted by Gasteiger charge is 2.20. The van der Waals surface area contributed by atoms with Crippen LogP contribution in [0.5, 0.6) is 0 Å². The van der Waals surface area contributed by atoms with E-state index in [0.29, 0.717) is 6.07 Å². The van der Waals surface area contributed by atoms with E-state index >= 15 is 0 Å². The first-order chi connectivity index (χ1) is 10.8. The molecule has 0 saturated carbocycles. The topological polar surface area (TPSA) is 58.2 Å². The van der Waals surface area contributed by atoms with Gasteiger partial charge in [0, 0.05) is 6.07 Å². The number of hydrogen-bond donors (Lipinski definition) is 2. The molecule has 0 unspecified atom stereocenters. The number of urea groups is 1. The van der Waals surface area contributed by atoms with Crippen molar-refractivity contribution in [1.29, 1.82) is 0 Å². The van der Waals surface area contributed by atoms with Gasteiger partial charge >= 0.3 is 6.03 Å². The van der Waals surface area contributed by atoms with E-state index in [1.54, 1.807) is 5.32 Å². The maximum Gasteiger partial charge on any atom is 0.326 e. The summed E-state index contributed by atoms with van der Waals surface area (Å²) in [4.78, 5) is 23.2. The van der Waals surface area contributed by atoms with Gasteiger partial charge < -0.3 is 5.32 Å². The molecule has 2 aromatic rings. The van der Waals surface area contributed by atoms with Crippen LogP contribution in [0.3, 0.4) is 0 Å². The summed E-state index contributed by atoms with van der Waals surface area (Å²) >= 11 is 2.75. The van der Waals surface area contributed by atoms with Crippen molar-refractivity contribution < 1.29 is 27.2 Å². The summed E-state index contributed by atoms with van der Waals surface area (Å²) < 4.78 is 53.4. The maximum absolute atomic E-state index is 13.5. The van der Waals surface area contributed by atoms with Gasteiger partial charge in [-0.3, -0.25) is 10.1 Å². The molecule has 0 atom stereocenters. The Labute approximate surface area is 135 Å². The summed E-state index contributed by atoms with van der Waals surface area (Å²) in [5.74, 6) is -5.53. The lowest BCUT2D eigenvalue weighted by Crippen LogP contribution is -2.35. The Hall–Kier alpha value is -2.42. The van der Waals surface area contributed by atoms with Gasteiger partial charge in [0.25, 0.3) is 5.91 Å². The van der Waals surface area contributed by atoms with Gasteiger partial charge in [0.2, 0.25) is 0 Å². The van der Waals surface area contributed by atoms with Gasteiger partial charge in [0.15, 0.2) is 0 Å². The smallest absolute Gasteiger partial charge is 0.305 e. The molecule has 0 spiro atoms. The van der Waals surface area contributed by atoms with Crippen LogP contribution in [0, 0.1) is 23.3 Å². The number of benzene rings is 2. The van der Waals surface area contributed by atoms with Crippen molar-refractivity contribution in [2.45, 2.75) is 0 Å². The van der Waals surface area contributed by atoms with Gasteiger partial charge in [0.1, 0.15) is 28.8 Å². The van der Waals surface area contributed by atoms with Crippen molar-refractivity contribution in [2.75, 3.05) is 5.32 Å². The number of imide groups is 1. The lowest BCUT2D eigenvalue weighted by molar-refractivity contribution is 0.0959. The molecular weight excluding hydrogens is 384 g/mol. The second-order valence-corrected chi connectivity index (χ2v) is 5.11. The van der Waals surface area contributed by atoms with Gasteiger partial charge in [-0.15, -0.1) is 0 Å². The van der Waals surface area contributed by atoms with Crippen LogP contribution in [0.25, 0.3) is 0 Å². The van der Waals surface area contributed by atoms with Crippen LogP contribution < -0.4 is 10.6 Å². The number of hydrogen-bond acceptors (Lipinski definition) is 2. The third-order valence-corrected chi connectivity index (χ3v) is 3.28. The molecule has 0 aromatic heterocycles. The molecular formula is C14H7BrF4N2O2. The van der Waals surface area contributed by atoms with E-state index in [1.165, 1.54) is 0 Å². The third-order valence-electron chi connectivity index (χ3n) is 2.68. The summed E-state index contributed by atoms with van der Waals surface area (Å²) in [6, 6.07) is 2.87. The largest absolute Gasteiger partial charge is 0.326 e. The zero-order valence-corrected chi connectivity index (χ0v) is 12.7. The van der Waals surface area contributed by atoms with Crippen molar-refractivity contribution in [3.8, 4) is 0 Å². The highest BCUT2D eigenvalue weighted by atomic mass is 79.9. The molecule has 2 N–H and O–H groups in total. The molecule has 0 bridgehead atoms. The summed E-state index contributed by atoms with van der Waals surface area (Å²) in [5, 5.41) is 3.48. The van der Waals surface area contributed by atoms with Crippen LogP contribution in [0.1, 0.15) is 10.4 Å². The normalized spacial score (nSPS) is 10.3. The van der Waals surface area contributed by atoms with Crippen LogP contribution in [-0.2, 0) is 0 Å². The van der Waals surface area contributed by atoms with E-state index in [9.17, 15) is 27.2 Å². The number of nitrogens with one attached hydrogen (secondary N) is 2. The predicted molar refractivity (Wildman–Crippen MR) is 76.9 cm³/mol. The summed E-state index contributed by atoms with van der Waals surface area (Å²) in [6.45, 7) is 0. The summed E-state index contributed by atoms with van der Waals surface area (Å²) in [7, 11) is 0. The molecule has 0 fully saturated rings. The number of anilines is 1. The number of carbonyl (C=O) groups excluding carboxylic acids is 2. The minimum absolute atomic E-state index is 0.162. The van der Waals surface area contributed by atoms with Gasteiger partial charge in [-0.25, -0.2) is 22.4 Å². The zero-order chi connectivity index (χ0) is 17.1. The van der Waals surface area contributed by atoms with Gasteiger partial charge in [-0.1, -0.05) is 6.07 Å². The second-order valence-electron chi connectivity index (χ2n) is 4.25. The molecule has 9 heteroatoms. The lowest BCUT2D eigenvalue weighted by atomic mass is 10.2. The van der Waals surface area contributed by atoms with E-state index in [1.807, 2.05) is 5.32 Å². The molecule has 4 nitrogen and oxygen atoms in total. The van der Waals surface area contributed by atoms with E-state index in [-0.39, 0.29) is 4.47 Å². The van der Waals surface area contributed by atoms with E-state index in [4.69, 9.17) is 0 Å². The molecule has 0 aliphatic carbocycles. The van der Waals surface area contributed by atoms with Gasteiger partial charge in [0.05, 0.1) is 10.2 Å². The number of rotatable bonds is 2. The zero-order valence-electron chi connectivity index (χ0n) is 11.1. The predicted octanol–water partition coefficient (Wildman–Crippen LogP) is 3.97. The first kappa shape index (κ1) is 16.9. The lowest BCUT2D eigenvalue weighted by Gasteiger charge is -2.09. The van der Waals surface area contributed by atoms with Crippen LogP contribution in [0.2, 0.25) is 0 Å². The number of carbonyl (C=O) groups is 2. The Kier molecular flexibility index (Phi) is 4.99. The maximum atomic E-state index is 13.5. The Bertz CT molecular complexity index is 778. The second kappa shape index (κ2) is 6.78. The quantitative estimate of drug-likeness (QED) is 0.602. The Morgan fingerprint density at radius 2 is 1.52 bits per heavy atom. The van der Waals surface area contributed by atoms with Crippen molar-refractivity contribution in [1.82, 2.24) is 5.32 Å². The van der Waals surface area contributed by atoms with Crippen molar-refractivity contribution in [3.63, 3.8) is 0 Å². The molecule has 0 aliphatic heterocycles.